The van der Waals surface area contributed by atoms with E-state index in [0.717, 1.165) is 11.8 Å². The van der Waals surface area contributed by atoms with Crippen molar-refractivity contribution in [1.82, 2.24) is 0 Å². The first-order valence-corrected chi connectivity index (χ1v) is 8.74. The molecule has 0 radical (unpaired) electrons. The van der Waals surface area contributed by atoms with Crippen molar-refractivity contribution >= 4 is 44.6 Å². The van der Waals surface area contributed by atoms with E-state index in [-0.39, 0.29) is 0 Å². The standard InChI is InChI=1S/C14H14Cl2N2O2S/c1-21(19,20)18-14-5-3-2-4-13(14)17-9-10-8-11(15)6-7-12(10)16/h2-8,17-18H,9H2,1H3. The summed E-state index contributed by atoms with van der Waals surface area (Å²) in [6, 6.07) is 12.2. The van der Waals surface area contributed by atoms with Crippen LogP contribution in [0.5, 0.6) is 0 Å². The zero-order valence-corrected chi connectivity index (χ0v) is 13.6. The Balaban J connectivity index is 2.18. The van der Waals surface area contributed by atoms with Gasteiger partial charge in [0.15, 0.2) is 0 Å². The molecule has 2 N–H and O–H groups in total. The fourth-order valence-corrected chi connectivity index (χ4v) is 2.75. The van der Waals surface area contributed by atoms with Gasteiger partial charge in [-0.2, -0.15) is 0 Å². The molecule has 0 fully saturated rings. The molecule has 2 rings (SSSR count). The molecule has 4 nitrogen and oxygen atoms in total. The lowest BCUT2D eigenvalue weighted by molar-refractivity contribution is 0.607. The second kappa shape index (κ2) is 6.56. The van der Waals surface area contributed by atoms with Crippen molar-refractivity contribution in [2.45, 2.75) is 6.54 Å². The molecule has 0 spiro atoms. The number of para-hydroxylation sites is 2. The van der Waals surface area contributed by atoms with E-state index in [1.54, 1.807) is 36.4 Å². The molecule has 0 aliphatic heterocycles. The number of sulfonamides is 1. The highest BCUT2D eigenvalue weighted by molar-refractivity contribution is 7.92. The Bertz CT molecular complexity index is 748. The van der Waals surface area contributed by atoms with E-state index >= 15 is 0 Å². The fourth-order valence-electron chi connectivity index (χ4n) is 1.80. The summed E-state index contributed by atoms with van der Waals surface area (Å²) < 4.78 is 25.2. The summed E-state index contributed by atoms with van der Waals surface area (Å²) in [5.74, 6) is 0. The number of benzene rings is 2. The Morgan fingerprint density at radius 1 is 1.05 bits per heavy atom. The van der Waals surface area contributed by atoms with Crippen LogP contribution in [0.25, 0.3) is 0 Å². The first-order chi connectivity index (χ1) is 9.85. The van der Waals surface area contributed by atoms with Gasteiger partial charge >= 0.3 is 0 Å². The molecule has 0 bridgehead atoms. The average molecular weight is 345 g/mol. The van der Waals surface area contributed by atoms with E-state index in [4.69, 9.17) is 23.2 Å². The van der Waals surface area contributed by atoms with Crippen LogP contribution in [0.3, 0.4) is 0 Å². The number of nitrogens with one attached hydrogen (secondary N) is 2. The maximum atomic E-state index is 11.3. The second-order valence-electron chi connectivity index (χ2n) is 4.51. The van der Waals surface area contributed by atoms with Crippen LogP contribution in [0, 0.1) is 0 Å². The zero-order valence-electron chi connectivity index (χ0n) is 11.2. The van der Waals surface area contributed by atoms with Gasteiger partial charge in [-0.1, -0.05) is 35.3 Å². The van der Waals surface area contributed by atoms with Gasteiger partial charge in [0.05, 0.1) is 17.6 Å². The lowest BCUT2D eigenvalue weighted by Crippen LogP contribution is -2.12. The molecule has 0 amide bonds. The summed E-state index contributed by atoms with van der Waals surface area (Å²) in [6.45, 7) is 0.432. The van der Waals surface area contributed by atoms with Crippen LogP contribution < -0.4 is 10.0 Å². The summed E-state index contributed by atoms with van der Waals surface area (Å²) in [4.78, 5) is 0. The lowest BCUT2D eigenvalue weighted by atomic mass is 10.2. The first-order valence-electron chi connectivity index (χ1n) is 6.10. The van der Waals surface area contributed by atoms with Gasteiger partial charge in [0.2, 0.25) is 10.0 Å². The van der Waals surface area contributed by atoms with Crippen molar-refractivity contribution in [3.05, 3.63) is 58.1 Å². The third-order valence-corrected chi connectivity index (χ3v) is 3.89. The van der Waals surface area contributed by atoms with Gasteiger partial charge in [-0.25, -0.2) is 8.42 Å². The quantitative estimate of drug-likeness (QED) is 0.862. The van der Waals surface area contributed by atoms with Gasteiger partial charge in [-0.3, -0.25) is 4.72 Å². The SMILES string of the molecule is CS(=O)(=O)Nc1ccccc1NCc1cc(Cl)ccc1Cl. The molecule has 0 saturated heterocycles. The monoisotopic (exact) mass is 344 g/mol. The Kier molecular flexibility index (Phi) is 4.98. The number of halogens is 2. The van der Waals surface area contributed by atoms with Gasteiger partial charge in [0.1, 0.15) is 0 Å². The summed E-state index contributed by atoms with van der Waals surface area (Å²) >= 11 is 12.0. The minimum Gasteiger partial charge on any atom is -0.379 e. The molecule has 0 aromatic heterocycles. The number of hydrogen-bond donors (Lipinski definition) is 2. The maximum absolute atomic E-state index is 11.3. The van der Waals surface area contributed by atoms with Crippen molar-refractivity contribution in [3.8, 4) is 0 Å². The van der Waals surface area contributed by atoms with Crippen molar-refractivity contribution in [1.29, 1.82) is 0 Å². The highest BCUT2D eigenvalue weighted by atomic mass is 35.5. The van der Waals surface area contributed by atoms with Gasteiger partial charge in [-0.15, -0.1) is 0 Å². The molecule has 0 aliphatic rings. The highest BCUT2D eigenvalue weighted by Crippen LogP contribution is 2.25. The minimum atomic E-state index is -3.33. The zero-order chi connectivity index (χ0) is 15.5. The van der Waals surface area contributed by atoms with Gasteiger partial charge in [0.25, 0.3) is 0 Å². The van der Waals surface area contributed by atoms with Gasteiger partial charge in [-0.05, 0) is 35.9 Å². The summed E-state index contributed by atoms with van der Waals surface area (Å²) in [5, 5.41) is 4.34. The molecular formula is C14H14Cl2N2O2S. The molecule has 7 heteroatoms. The van der Waals surface area contributed by atoms with Crippen LogP contribution in [0.15, 0.2) is 42.5 Å². The van der Waals surface area contributed by atoms with Crippen molar-refractivity contribution in [2.75, 3.05) is 16.3 Å². The smallest absolute Gasteiger partial charge is 0.229 e. The number of anilines is 2. The van der Waals surface area contributed by atoms with Gasteiger partial charge in [0, 0.05) is 16.6 Å². The Morgan fingerprint density at radius 3 is 2.38 bits per heavy atom. The largest absolute Gasteiger partial charge is 0.379 e. The van der Waals surface area contributed by atoms with E-state index in [1.807, 2.05) is 6.07 Å². The molecular weight excluding hydrogens is 331 g/mol. The summed E-state index contributed by atoms with van der Waals surface area (Å²) in [5.41, 5.74) is 1.98. The molecule has 0 aliphatic carbocycles. The molecule has 0 heterocycles. The van der Waals surface area contributed by atoms with E-state index in [0.29, 0.717) is 28.0 Å². The van der Waals surface area contributed by atoms with Gasteiger partial charge < -0.3 is 5.32 Å². The Labute approximate surface area is 134 Å². The van der Waals surface area contributed by atoms with E-state index in [9.17, 15) is 8.42 Å². The van der Waals surface area contributed by atoms with Crippen molar-refractivity contribution in [3.63, 3.8) is 0 Å². The molecule has 112 valence electrons. The highest BCUT2D eigenvalue weighted by Gasteiger charge is 2.07. The number of rotatable bonds is 5. The summed E-state index contributed by atoms with van der Waals surface area (Å²) in [6.07, 6.45) is 1.11. The molecule has 2 aromatic rings. The predicted octanol–water partition coefficient (Wildman–Crippen LogP) is 3.98. The van der Waals surface area contributed by atoms with Crippen LogP contribution in [0.1, 0.15) is 5.56 Å². The average Bonchev–Trinajstić information content (AvgIpc) is 2.39. The van der Waals surface area contributed by atoms with Crippen LogP contribution in [0.2, 0.25) is 10.0 Å². The van der Waals surface area contributed by atoms with Crippen molar-refractivity contribution < 1.29 is 8.42 Å². The second-order valence-corrected chi connectivity index (χ2v) is 7.10. The predicted molar refractivity (Wildman–Crippen MR) is 88.7 cm³/mol. The van der Waals surface area contributed by atoms with E-state index in [2.05, 4.69) is 10.0 Å². The van der Waals surface area contributed by atoms with Crippen LogP contribution in [0.4, 0.5) is 11.4 Å². The minimum absolute atomic E-state index is 0.432. The lowest BCUT2D eigenvalue weighted by Gasteiger charge is -2.13. The molecule has 0 saturated carbocycles. The third-order valence-electron chi connectivity index (χ3n) is 2.70. The number of hydrogen-bond acceptors (Lipinski definition) is 3. The maximum Gasteiger partial charge on any atom is 0.229 e. The van der Waals surface area contributed by atoms with E-state index in [1.165, 1.54) is 0 Å². The normalized spacial score (nSPS) is 11.2. The van der Waals surface area contributed by atoms with Crippen molar-refractivity contribution in [2.24, 2.45) is 0 Å². The first kappa shape index (κ1) is 15.9. The third kappa shape index (κ3) is 4.81. The summed E-state index contributed by atoms with van der Waals surface area (Å²) in [7, 11) is -3.33. The molecule has 0 unspecified atom stereocenters. The Hall–Kier alpha value is -1.43. The molecule has 21 heavy (non-hydrogen) atoms. The fraction of sp³-hybridized carbons (Fsp3) is 0.143. The molecule has 2 aromatic carbocycles. The van der Waals surface area contributed by atoms with E-state index < -0.39 is 10.0 Å². The topological polar surface area (TPSA) is 58.2 Å². The van der Waals surface area contributed by atoms with Crippen LogP contribution in [-0.4, -0.2) is 14.7 Å². The molecule has 0 atom stereocenters. The Morgan fingerprint density at radius 2 is 1.71 bits per heavy atom. The van der Waals surface area contributed by atoms with Crippen LogP contribution in [-0.2, 0) is 16.6 Å². The van der Waals surface area contributed by atoms with Crippen LogP contribution >= 0.6 is 23.2 Å².